The van der Waals surface area contributed by atoms with Crippen molar-refractivity contribution in [1.82, 2.24) is 0 Å². The van der Waals surface area contributed by atoms with Gasteiger partial charge in [-0.1, -0.05) is 6.07 Å². The summed E-state index contributed by atoms with van der Waals surface area (Å²) in [6.07, 6.45) is 1.60. The first-order valence-corrected chi connectivity index (χ1v) is 5.26. The van der Waals surface area contributed by atoms with E-state index in [1.54, 1.807) is 19.2 Å². The van der Waals surface area contributed by atoms with Crippen LogP contribution in [-0.4, -0.2) is 14.2 Å². The molecule has 0 saturated heterocycles. The Morgan fingerprint density at radius 3 is 2.56 bits per heavy atom. The molecule has 0 atom stereocenters. The number of benzene rings is 1. The first-order chi connectivity index (χ1) is 7.62. The highest BCUT2D eigenvalue weighted by Crippen LogP contribution is 2.48. The van der Waals surface area contributed by atoms with Crippen molar-refractivity contribution in [2.75, 3.05) is 14.2 Å². The molecule has 16 heavy (non-hydrogen) atoms. The van der Waals surface area contributed by atoms with E-state index in [1.165, 1.54) is 7.11 Å². The molecule has 1 aromatic rings. The van der Waals surface area contributed by atoms with Gasteiger partial charge in [-0.05, 0) is 18.9 Å². The lowest BCUT2D eigenvalue weighted by atomic mass is 10.0. The van der Waals surface area contributed by atoms with Gasteiger partial charge in [-0.15, -0.1) is 0 Å². The van der Waals surface area contributed by atoms with Gasteiger partial charge in [-0.3, -0.25) is 0 Å². The van der Waals surface area contributed by atoms with Crippen LogP contribution in [0, 0.1) is 5.82 Å². The summed E-state index contributed by atoms with van der Waals surface area (Å²) in [6, 6.07) is 3.42. The first kappa shape index (κ1) is 11.4. The first-order valence-electron chi connectivity index (χ1n) is 5.26. The van der Waals surface area contributed by atoms with Crippen LogP contribution in [0.15, 0.2) is 12.1 Å². The van der Waals surface area contributed by atoms with Crippen LogP contribution in [-0.2, 0) is 16.9 Å². The van der Waals surface area contributed by atoms with Crippen molar-refractivity contribution in [3.05, 3.63) is 29.1 Å². The topological polar surface area (TPSA) is 44.5 Å². The molecule has 2 rings (SSSR count). The molecule has 0 aliphatic heterocycles. The van der Waals surface area contributed by atoms with E-state index in [2.05, 4.69) is 0 Å². The normalized spacial score (nSPS) is 17.2. The standard InChI is InChI=1S/C12H16FNO2/c1-15-7-8-3-4-9(16-2)10(11(8)13)12(14)5-6-12/h3-4H,5-7,14H2,1-2H3. The molecule has 0 aromatic heterocycles. The Hall–Kier alpha value is -1.13. The summed E-state index contributed by atoms with van der Waals surface area (Å²) >= 11 is 0. The number of nitrogens with two attached hydrogens (primary N) is 1. The van der Waals surface area contributed by atoms with Crippen molar-refractivity contribution in [2.45, 2.75) is 25.0 Å². The van der Waals surface area contributed by atoms with E-state index in [1.807, 2.05) is 0 Å². The summed E-state index contributed by atoms with van der Waals surface area (Å²) in [5.74, 6) is 0.235. The summed E-state index contributed by atoms with van der Waals surface area (Å²) in [7, 11) is 3.07. The molecule has 1 fully saturated rings. The van der Waals surface area contributed by atoms with E-state index >= 15 is 0 Å². The maximum absolute atomic E-state index is 14.2. The lowest BCUT2D eigenvalue weighted by molar-refractivity contribution is 0.181. The molecule has 0 heterocycles. The van der Waals surface area contributed by atoms with Crippen molar-refractivity contribution < 1.29 is 13.9 Å². The smallest absolute Gasteiger partial charge is 0.137 e. The van der Waals surface area contributed by atoms with E-state index in [9.17, 15) is 4.39 Å². The van der Waals surface area contributed by atoms with Gasteiger partial charge in [0.1, 0.15) is 11.6 Å². The summed E-state index contributed by atoms with van der Waals surface area (Å²) in [6.45, 7) is 0.249. The second kappa shape index (κ2) is 4.03. The molecule has 0 radical (unpaired) electrons. The van der Waals surface area contributed by atoms with Gasteiger partial charge < -0.3 is 15.2 Å². The highest BCUT2D eigenvalue weighted by atomic mass is 19.1. The lowest BCUT2D eigenvalue weighted by Crippen LogP contribution is -2.22. The fraction of sp³-hybridized carbons (Fsp3) is 0.500. The molecule has 0 bridgehead atoms. The van der Waals surface area contributed by atoms with Crippen LogP contribution in [0.1, 0.15) is 24.0 Å². The van der Waals surface area contributed by atoms with E-state index in [0.717, 1.165) is 12.8 Å². The zero-order valence-electron chi connectivity index (χ0n) is 9.55. The summed E-state index contributed by atoms with van der Waals surface area (Å²) in [5, 5.41) is 0. The summed E-state index contributed by atoms with van der Waals surface area (Å²) in [5.41, 5.74) is 6.52. The van der Waals surface area contributed by atoms with Gasteiger partial charge in [0.15, 0.2) is 0 Å². The van der Waals surface area contributed by atoms with E-state index < -0.39 is 5.54 Å². The quantitative estimate of drug-likeness (QED) is 0.851. The molecule has 2 N–H and O–H groups in total. The molecule has 0 unspecified atom stereocenters. The van der Waals surface area contributed by atoms with Crippen LogP contribution >= 0.6 is 0 Å². The Labute approximate surface area is 94.3 Å². The lowest BCUT2D eigenvalue weighted by Gasteiger charge is -2.17. The Morgan fingerprint density at radius 1 is 1.38 bits per heavy atom. The number of hydrogen-bond donors (Lipinski definition) is 1. The highest BCUT2D eigenvalue weighted by Gasteiger charge is 2.44. The molecular weight excluding hydrogens is 209 g/mol. The molecule has 3 nitrogen and oxygen atoms in total. The van der Waals surface area contributed by atoms with Gasteiger partial charge in [0, 0.05) is 23.8 Å². The van der Waals surface area contributed by atoms with Crippen LogP contribution in [0.3, 0.4) is 0 Å². The second-order valence-corrected chi connectivity index (χ2v) is 4.21. The molecular formula is C12H16FNO2. The second-order valence-electron chi connectivity index (χ2n) is 4.21. The maximum atomic E-state index is 14.2. The maximum Gasteiger partial charge on any atom is 0.137 e. The Morgan fingerprint density at radius 2 is 2.06 bits per heavy atom. The van der Waals surface area contributed by atoms with Gasteiger partial charge in [0.2, 0.25) is 0 Å². The van der Waals surface area contributed by atoms with Crippen LogP contribution < -0.4 is 10.5 Å². The minimum Gasteiger partial charge on any atom is -0.496 e. The highest BCUT2D eigenvalue weighted by molar-refractivity contribution is 5.46. The van der Waals surface area contributed by atoms with Gasteiger partial charge in [0.05, 0.1) is 13.7 Å². The number of ether oxygens (including phenoxy) is 2. The minimum atomic E-state index is -0.542. The third kappa shape index (κ3) is 1.79. The van der Waals surface area contributed by atoms with E-state index in [-0.39, 0.29) is 12.4 Å². The summed E-state index contributed by atoms with van der Waals surface area (Å²) in [4.78, 5) is 0. The number of rotatable bonds is 4. The molecule has 1 aromatic carbocycles. The minimum absolute atomic E-state index is 0.249. The zero-order chi connectivity index (χ0) is 11.8. The zero-order valence-corrected chi connectivity index (χ0v) is 9.55. The van der Waals surface area contributed by atoms with Crippen LogP contribution in [0.2, 0.25) is 0 Å². The van der Waals surface area contributed by atoms with Crippen molar-refractivity contribution >= 4 is 0 Å². The number of methoxy groups -OCH3 is 2. The Bertz CT molecular complexity index is 402. The SMILES string of the molecule is COCc1ccc(OC)c(C2(N)CC2)c1F. The fourth-order valence-electron chi connectivity index (χ4n) is 1.89. The fourth-order valence-corrected chi connectivity index (χ4v) is 1.89. The van der Waals surface area contributed by atoms with Crippen molar-refractivity contribution in [3.8, 4) is 5.75 Å². The molecule has 1 saturated carbocycles. The largest absolute Gasteiger partial charge is 0.496 e. The Balaban J connectivity index is 2.49. The van der Waals surface area contributed by atoms with Crippen molar-refractivity contribution in [3.63, 3.8) is 0 Å². The van der Waals surface area contributed by atoms with E-state index in [0.29, 0.717) is 16.9 Å². The Kier molecular flexibility index (Phi) is 2.86. The summed E-state index contributed by atoms with van der Waals surface area (Å²) < 4.78 is 24.3. The van der Waals surface area contributed by atoms with Gasteiger partial charge in [-0.25, -0.2) is 4.39 Å². The van der Waals surface area contributed by atoms with Gasteiger partial charge >= 0.3 is 0 Å². The average Bonchev–Trinajstić information content (AvgIpc) is 3.00. The van der Waals surface area contributed by atoms with E-state index in [4.69, 9.17) is 15.2 Å². The predicted molar refractivity (Wildman–Crippen MR) is 58.8 cm³/mol. The predicted octanol–water partition coefficient (Wildman–Crippen LogP) is 1.93. The van der Waals surface area contributed by atoms with Crippen LogP contribution in [0.4, 0.5) is 4.39 Å². The average molecular weight is 225 g/mol. The molecule has 88 valence electrons. The molecule has 1 aliphatic rings. The molecule has 4 heteroatoms. The van der Waals surface area contributed by atoms with Crippen LogP contribution in [0.25, 0.3) is 0 Å². The van der Waals surface area contributed by atoms with Gasteiger partial charge in [-0.2, -0.15) is 0 Å². The van der Waals surface area contributed by atoms with Crippen LogP contribution in [0.5, 0.6) is 5.75 Å². The molecule has 1 aliphatic carbocycles. The van der Waals surface area contributed by atoms with Crippen molar-refractivity contribution in [1.29, 1.82) is 0 Å². The molecule has 0 amide bonds. The third-order valence-electron chi connectivity index (χ3n) is 2.99. The monoisotopic (exact) mass is 225 g/mol. The third-order valence-corrected chi connectivity index (χ3v) is 2.99. The van der Waals surface area contributed by atoms with Crippen molar-refractivity contribution in [2.24, 2.45) is 5.73 Å². The number of halogens is 1. The molecule has 0 spiro atoms. The van der Waals surface area contributed by atoms with Gasteiger partial charge in [0.25, 0.3) is 0 Å². The number of hydrogen-bond acceptors (Lipinski definition) is 3.